The zero-order valence-electron chi connectivity index (χ0n) is 38.5. The SMILES string of the molecule is COC(=O)c1ccc(Oc2cc(/C=C/c3cc(OCc4ccccc4)ccc3-c3cc(OCc4ccccc4)c(OC)cc3C(=O)OC)cc(OCc3ccccc3)c2OCc2ccccc2)cc1. The molecule has 0 atom stereocenters. The monoisotopic (exact) mass is 918 g/mol. The molecule has 0 aliphatic rings. The first kappa shape index (κ1) is 46.8. The van der Waals surface area contributed by atoms with Crippen LogP contribution in [0.2, 0.25) is 0 Å². The lowest BCUT2D eigenvalue weighted by Gasteiger charge is -2.19. The molecule has 0 aliphatic heterocycles. The summed E-state index contributed by atoms with van der Waals surface area (Å²) in [6, 6.07) is 58.9. The van der Waals surface area contributed by atoms with Crippen LogP contribution >= 0.6 is 0 Å². The van der Waals surface area contributed by atoms with Gasteiger partial charge >= 0.3 is 11.9 Å². The van der Waals surface area contributed by atoms with Gasteiger partial charge in [0.1, 0.15) is 37.9 Å². The van der Waals surface area contributed by atoms with Gasteiger partial charge in [-0.1, -0.05) is 140 Å². The number of carbonyl (C=O) groups excluding carboxylic acids is 2. The third kappa shape index (κ3) is 12.4. The lowest BCUT2D eigenvalue weighted by atomic mass is 9.93. The Morgan fingerprint density at radius 2 is 0.928 bits per heavy atom. The highest BCUT2D eigenvalue weighted by Gasteiger charge is 2.22. The molecular formula is C59H50O10. The van der Waals surface area contributed by atoms with E-state index < -0.39 is 11.9 Å². The van der Waals surface area contributed by atoms with Gasteiger partial charge in [-0.15, -0.1) is 0 Å². The van der Waals surface area contributed by atoms with Crippen molar-refractivity contribution >= 4 is 24.1 Å². The van der Waals surface area contributed by atoms with Crippen molar-refractivity contribution in [2.45, 2.75) is 26.4 Å². The maximum absolute atomic E-state index is 13.6. The van der Waals surface area contributed by atoms with E-state index in [2.05, 4.69) is 0 Å². The Morgan fingerprint density at radius 1 is 0.420 bits per heavy atom. The number of hydrogen-bond donors (Lipinski definition) is 0. The molecule has 69 heavy (non-hydrogen) atoms. The minimum absolute atomic E-state index is 0.232. The van der Waals surface area contributed by atoms with Gasteiger partial charge in [0.15, 0.2) is 23.0 Å². The number of rotatable bonds is 20. The molecule has 0 aromatic heterocycles. The lowest BCUT2D eigenvalue weighted by Crippen LogP contribution is -2.07. The number of carbonyl (C=O) groups is 2. The fraction of sp³-hybridized carbons (Fsp3) is 0.119. The van der Waals surface area contributed by atoms with Crippen molar-refractivity contribution in [1.29, 1.82) is 0 Å². The largest absolute Gasteiger partial charge is 0.493 e. The van der Waals surface area contributed by atoms with Gasteiger partial charge in [0.2, 0.25) is 5.75 Å². The van der Waals surface area contributed by atoms with Crippen LogP contribution < -0.4 is 28.4 Å². The number of hydrogen-bond acceptors (Lipinski definition) is 10. The number of methoxy groups -OCH3 is 3. The van der Waals surface area contributed by atoms with E-state index >= 15 is 0 Å². The zero-order chi connectivity index (χ0) is 47.8. The Kier molecular flexibility index (Phi) is 15.7. The van der Waals surface area contributed by atoms with Gasteiger partial charge < -0.3 is 37.9 Å². The highest BCUT2D eigenvalue weighted by Crippen LogP contribution is 2.44. The molecule has 0 heterocycles. The third-order valence-corrected chi connectivity index (χ3v) is 11.0. The number of ether oxygens (including phenoxy) is 8. The Morgan fingerprint density at radius 3 is 1.48 bits per heavy atom. The summed E-state index contributed by atoms with van der Waals surface area (Å²) >= 11 is 0. The zero-order valence-corrected chi connectivity index (χ0v) is 38.5. The molecule has 0 saturated carbocycles. The van der Waals surface area contributed by atoms with Gasteiger partial charge in [-0.2, -0.15) is 0 Å². The molecule has 10 nitrogen and oxygen atoms in total. The molecule has 8 aromatic rings. The molecule has 0 aliphatic carbocycles. The van der Waals surface area contributed by atoms with Crippen molar-refractivity contribution in [1.82, 2.24) is 0 Å². The maximum atomic E-state index is 13.6. The molecule has 0 bridgehead atoms. The van der Waals surface area contributed by atoms with E-state index in [1.54, 1.807) is 36.4 Å². The van der Waals surface area contributed by atoms with Crippen LogP contribution in [0.3, 0.4) is 0 Å². The van der Waals surface area contributed by atoms with Crippen LogP contribution in [-0.4, -0.2) is 33.3 Å². The summed E-state index contributed by atoms with van der Waals surface area (Å²) < 4.78 is 48.4. The van der Waals surface area contributed by atoms with Crippen molar-refractivity contribution in [3.8, 4) is 51.4 Å². The highest BCUT2D eigenvalue weighted by molar-refractivity contribution is 6.00. The van der Waals surface area contributed by atoms with Crippen molar-refractivity contribution < 1.29 is 47.5 Å². The summed E-state index contributed by atoms with van der Waals surface area (Å²) in [6.07, 6.45) is 3.87. The molecule has 0 N–H and O–H groups in total. The molecule has 10 heteroatoms. The van der Waals surface area contributed by atoms with E-state index in [0.717, 1.165) is 22.3 Å². The lowest BCUT2D eigenvalue weighted by molar-refractivity contribution is 0.0592. The summed E-state index contributed by atoms with van der Waals surface area (Å²) in [5.74, 6) is 2.04. The molecule has 0 unspecified atom stereocenters. The van der Waals surface area contributed by atoms with Crippen LogP contribution in [0.15, 0.2) is 188 Å². The molecule has 0 saturated heterocycles. The Hall–Kier alpha value is -8.76. The summed E-state index contributed by atoms with van der Waals surface area (Å²) in [6.45, 7) is 1.09. The van der Waals surface area contributed by atoms with E-state index in [1.165, 1.54) is 21.3 Å². The first-order valence-electron chi connectivity index (χ1n) is 22.2. The second-order valence-corrected chi connectivity index (χ2v) is 15.7. The van der Waals surface area contributed by atoms with Gasteiger partial charge in [0.25, 0.3) is 0 Å². The standard InChI is InChI=1S/C59H50O10/c1-62-53-36-52(59(61)64-3)51(35-54(53)66-38-42-18-10-5-11-19-42)50-31-30-49(65-37-41-16-8-4-9-17-41)34-47(50)25-24-45-32-55(67-39-43-20-12-6-13-21-43)57(68-40-44-22-14-7-15-23-44)56(33-45)69-48-28-26-46(27-29-48)58(60)63-2/h4-36H,37-40H2,1-3H3/b25-24+. The van der Waals surface area contributed by atoms with E-state index in [-0.39, 0.29) is 25.4 Å². The summed E-state index contributed by atoms with van der Waals surface area (Å²) in [7, 11) is 4.21. The minimum atomic E-state index is -0.551. The molecule has 8 aromatic carbocycles. The molecular weight excluding hydrogens is 869 g/mol. The van der Waals surface area contributed by atoms with Crippen LogP contribution in [0.5, 0.6) is 40.2 Å². The number of benzene rings is 8. The molecule has 0 spiro atoms. The fourth-order valence-electron chi connectivity index (χ4n) is 7.40. The van der Waals surface area contributed by atoms with Crippen LogP contribution in [0.4, 0.5) is 0 Å². The highest BCUT2D eigenvalue weighted by atomic mass is 16.5. The minimum Gasteiger partial charge on any atom is -0.493 e. The Bertz CT molecular complexity index is 2990. The third-order valence-electron chi connectivity index (χ3n) is 11.0. The summed E-state index contributed by atoms with van der Waals surface area (Å²) in [5, 5.41) is 0. The quantitative estimate of drug-likeness (QED) is 0.0542. The normalized spacial score (nSPS) is 10.8. The van der Waals surface area contributed by atoms with Crippen molar-refractivity contribution in [2.75, 3.05) is 21.3 Å². The summed E-state index contributed by atoms with van der Waals surface area (Å²) in [5.41, 5.74) is 7.18. The second kappa shape index (κ2) is 23.1. The Balaban J connectivity index is 1.25. The van der Waals surface area contributed by atoms with Gasteiger partial charge in [-0.25, -0.2) is 9.59 Å². The molecule has 8 rings (SSSR count). The van der Waals surface area contributed by atoms with Gasteiger partial charge in [-0.3, -0.25) is 0 Å². The maximum Gasteiger partial charge on any atom is 0.338 e. The van der Waals surface area contributed by atoms with E-state index in [4.69, 9.17) is 37.9 Å². The molecule has 0 radical (unpaired) electrons. The van der Waals surface area contributed by atoms with E-state index in [0.29, 0.717) is 74.7 Å². The summed E-state index contributed by atoms with van der Waals surface area (Å²) in [4.78, 5) is 25.9. The predicted molar refractivity (Wildman–Crippen MR) is 266 cm³/mol. The van der Waals surface area contributed by atoms with Crippen LogP contribution in [0.25, 0.3) is 23.3 Å². The average Bonchev–Trinajstić information content (AvgIpc) is 3.41. The Labute approximate surface area is 401 Å². The van der Waals surface area contributed by atoms with Crippen molar-refractivity contribution in [3.63, 3.8) is 0 Å². The second-order valence-electron chi connectivity index (χ2n) is 15.7. The van der Waals surface area contributed by atoms with Crippen LogP contribution in [0.1, 0.15) is 54.1 Å². The topological polar surface area (TPSA) is 108 Å². The first-order valence-corrected chi connectivity index (χ1v) is 22.2. The number of esters is 2. The van der Waals surface area contributed by atoms with Gasteiger partial charge in [0, 0.05) is 5.56 Å². The van der Waals surface area contributed by atoms with Crippen LogP contribution in [-0.2, 0) is 35.9 Å². The molecule has 346 valence electrons. The van der Waals surface area contributed by atoms with Gasteiger partial charge in [-0.05, 0) is 99.6 Å². The molecule has 0 amide bonds. The predicted octanol–water partition coefficient (Wildman–Crippen LogP) is 13.2. The fourth-order valence-corrected chi connectivity index (χ4v) is 7.40. The van der Waals surface area contributed by atoms with Gasteiger partial charge in [0.05, 0.1) is 32.5 Å². The van der Waals surface area contributed by atoms with Crippen molar-refractivity contribution in [2.24, 2.45) is 0 Å². The molecule has 0 fully saturated rings. The smallest absolute Gasteiger partial charge is 0.338 e. The van der Waals surface area contributed by atoms with E-state index in [9.17, 15) is 9.59 Å². The first-order chi connectivity index (χ1) is 33.9. The van der Waals surface area contributed by atoms with Crippen LogP contribution in [0, 0.1) is 0 Å². The van der Waals surface area contributed by atoms with Crippen molar-refractivity contribution in [3.05, 3.63) is 233 Å². The van der Waals surface area contributed by atoms with E-state index in [1.807, 2.05) is 164 Å². The average molecular weight is 919 g/mol.